The van der Waals surface area contributed by atoms with Crippen LogP contribution in [0, 0.1) is 17.8 Å². The average molecular weight is 260 g/mol. The predicted molar refractivity (Wildman–Crippen MR) is 73.8 cm³/mol. The third-order valence-corrected chi connectivity index (χ3v) is 4.37. The fourth-order valence-corrected chi connectivity index (χ4v) is 3.13. The van der Waals surface area contributed by atoms with E-state index in [9.17, 15) is 4.79 Å². The van der Waals surface area contributed by atoms with Crippen molar-refractivity contribution in [3.63, 3.8) is 0 Å². The van der Waals surface area contributed by atoms with Crippen molar-refractivity contribution in [2.75, 3.05) is 12.4 Å². The van der Waals surface area contributed by atoms with E-state index in [0.29, 0.717) is 12.3 Å². The van der Waals surface area contributed by atoms with Crippen molar-refractivity contribution in [1.82, 2.24) is 0 Å². The van der Waals surface area contributed by atoms with E-state index >= 15 is 0 Å². The number of hydrogen-bond acceptors (Lipinski definition) is 3. The van der Waals surface area contributed by atoms with Crippen molar-refractivity contribution in [2.24, 2.45) is 23.5 Å². The molecule has 0 aromatic heterocycles. The van der Waals surface area contributed by atoms with Gasteiger partial charge in [-0.25, -0.2) is 0 Å². The summed E-state index contributed by atoms with van der Waals surface area (Å²) < 4.78 is 5.31. The molecule has 1 amide bonds. The Balaban J connectivity index is 1.69. The van der Waals surface area contributed by atoms with E-state index < -0.39 is 0 Å². The molecule has 19 heavy (non-hydrogen) atoms. The molecule has 2 saturated carbocycles. The standard InChI is InChI=1S/C15H20N2O2/c1-19-14-4-9(8-16)2-3-13(14)17-15(18)12-6-10-5-11(10)7-12/h2-4,10-12H,5-8,16H2,1H3,(H,17,18). The second kappa shape index (κ2) is 4.85. The van der Waals surface area contributed by atoms with Crippen LogP contribution in [0.1, 0.15) is 24.8 Å². The van der Waals surface area contributed by atoms with Gasteiger partial charge >= 0.3 is 0 Å². The quantitative estimate of drug-likeness (QED) is 0.871. The highest BCUT2D eigenvalue weighted by molar-refractivity contribution is 5.94. The maximum atomic E-state index is 12.2. The molecule has 0 heterocycles. The van der Waals surface area contributed by atoms with Crippen LogP contribution in [-0.2, 0) is 11.3 Å². The third-order valence-electron chi connectivity index (χ3n) is 4.37. The number of hydrogen-bond donors (Lipinski definition) is 2. The number of nitrogens with one attached hydrogen (secondary N) is 1. The molecular formula is C15H20N2O2. The van der Waals surface area contributed by atoms with Gasteiger partial charge in [-0.05, 0) is 48.8 Å². The van der Waals surface area contributed by atoms with Gasteiger partial charge in [0.2, 0.25) is 5.91 Å². The first-order valence-electron chi connectivity index (χ1n) is 6.89. The Labute approximate surface area is 113 Å². The van der Waals surface area contributed by atoms with Crippen molar-refractivity contribution in [3.05, 3.63) is 23.8 Å². The van der Waals surface area contributed by atoms with E-state index in [4.69, 9.17) is 10.5 Å². The Morgan fingerprint density at radius 3 is 2.74 bits per heavy atom. The van der Waals surface area contributed by atoms with E-state index in [0.717, 1.165) is 35.9 Å². The Bertz CT molecular complexity index is 491. The van der Waals surface area contributed by atoms with Crippen molar-refractivity contribution in [1.29, 1.82) is 0 Å². The molecule has 3 rings (SSSR count). The molecule has 2 fully saturated rings. The van der Waals surface area contributed by atoms with Gasteiger partial charge in [0.15, 0.2) is 0 Å². The smallest absolute Gasteiger partial charge is 0.227 e. The zero-order valence-electron chi connectivity index (χ0n) is 11.2. The average Bonchev–Trinajstić information content (AvgIpc) is 3.05. The predicted octanol–water partition coefficient (Wildman–Crippen LogP) is 2.14. The summed E-state index contributed by atoms with van der Waals surface area (Å²) in [7, 11) is 1.61. The highest BCUT2D eigenvalue weighted by Gasteiger charge is 2.48. The zero-order valence-corrected chi connectivity index (χ0v) is 11.2. The van der Waals surface area contributed by atoms with Gasteiger partial charge in [0.05, 0.1) is 12.8 Å². The monoisotopic (exact) mass is 260 g/mol. The molecule has 1 aromatic carbocycles. The van der Waals surface area contributed by atoms with Crippen LogP contribution < -0.4 is 15.8 Å². The number of ether oxygens (including phenoxy) is 1. The fraction of sp³-hybridized carbons (Fsp3) is 0.533. The van der Waals surface area contributed by atoms with Crippen LogP contribution in [0.15, 0.2) is 18.2 Å². The number of fused-ring (bicyclic) bond motifs is 1. The Kier molecular flexibility index (Phi) is 3.19. The van der Waals surface area contributed by atoms with Gasteiger partial charge in [-0.15, -0.1) is 0 Å². The molecule has 2 unspecified atom stereocenters. The topological polar surface area (TPSA) is 64.3 Å². The molecule has 0 spiro atoms. The Morgan fingerprint density at radius 1 is 1.37 bits per heavy atom. The van der Waals surface area contributed by atoms with E-state index in [1.807, 2.05) is 18.2 Å². The fourth-order valence-electron chi connectivity index (χ4n) is 3.13. The summed E-state index contributed by atoms with van der Waals surface area (Å²) >= 11 is 0. The molecule has 2 aliphatic rings. The van der Waals surface area contributed by atoms with Gasteiger partial charge in [0, 0.05) is 12.5 Å². The Hall–Kier alpha value is -1.55. The molecule has 0 radical (unpaired) electrons. The first-order valence-corrected chi connectivity index (χ1v) is 6.89. The summed E-state index contributed by atoms with van der Waals surface area (Å²) in [6.07, 6.45) is 3.44. The van der Waals surface area contributed by atoms with Crippen molar-refractivity contribution >= 4 is 11.6 Å². The third kappa shape index (κ3) is 2.45. The largest absolute Gasteiger partial charge is 0.495 e. The second-order valence-electron chi connectivity index (χ2n) is 5.65. The van der Waals surface area contributed by atoms with Crippen LogP contribution in [0.3, 0.4) is 0 Å². The van der Waals surface area contributed by atoms with Crippen LogP contribution in [-0.4, -0.2) is 13.0 Å². The second-order valence-corrected chi connectivity index (χ2v) is 5.65. The summed E-state index contributed by atoms with van der Waals surface area (Å²) in [5.74, 6) is 2.63. The SMILES string of the molecule is COc1cc(CN)ccc1NC(=O)C1CC2CC2C1. The summed E-state index contributed by atoms with van der Waals surface area (Å²) in [6, 6.07) is 5.67. The maximum Gasteiger partial charge on any atom is 0.227 e. The molecule has 102 valence electrons. The van der Waals surface area contributed by atoms with Gasteiger partial charge in [-0.3, -0.25) is 4.79 Å². The summed E-state index contributed by atoms with van der Waals surface area (Å²) in [6.45, 7) is 0.469. The number of anilines is 1. The van der Waals surface area contributed by atoms with Crippen molar-refractivity contribution in [3.8, 4) is 5.75 Å². The molecule has 4 nitrogen and oxygen atoms in total. The molecule has 1 aromatic rings. The first-order chi connectivity index (χ1) is 9.21. The van der Waals surface area contributed by atoms with Crippen LogP contribution in [0.4, 0.5) is 5.69 Å². The number of benzene rings is 1. The van der Waals surface area contributed by atoms with E-state index in [1.165, 1.54) is 6.42 Å². The zero-order chi connectivity index (χ0) is 13.4. The molecule has 2 aliphatic carbocycles. The van der Waals surface area contributed by atoms with Gasteiger partial charge in [-0.1, -0.05) is 6.07 Å². The number of nitrogens with two attached hydrogens (primary N) is 1. The minimum atomic E-state index is 0.131. The van der Waals surface area contributed by atoms with Crippen molar-refractivity contribution in [2.45, 2.75) is 25.8 Å². The number of amides is 1. The molecule has 2 atom stereocenters. The van der Waals surface area contributed by atoms with E-state index in [1.54, 1.807) is 7.11 Å². The molecular weight excluding hydrogens is 240 g/mol. The Morgan fingerprint density at radius 2 is 2.11 bits per heavy atom. The van der Waals surface area contributed by atoms with Crippen LogP contribution in [0.25, 0.3) is 0 Å². The van der Waals surface area contributed by atoms with Crippen molar-refractivity contribution < 1.29 is 9.53 Å². The van der Waals surface area contributed by atoms with E-state index in [2.05, 4.69) is 5.32 Å². The highest BCUT2D eigenvalue weighted by atomic mass is 16.5. The van der Waals surface area contributed by atoms with Crippen LogP contribution >= 0.6 is 0 Å². The minimum absolute atomic E-state index is 0.131. The molecule has 4 heteroatoms. The normalized spacial score (nSPS) is 27.8. The number of carbonyl (C=O) groups excluding carboxylic acids is 1. The van der Waals surface area contributed by atoms with Gasteiger partial charge < -0.3 is 15.8 Å². The summed E-state index contributed by atoms with van der Waals surface area (Å²) in [5, 5.41) is 2.99. The number of methoxy groups -OCH3 is 1. The molecule has 0 saturated heterocycles. The number of rotatable bonds is 4. The van der Waals surface area contributed by atoms with E-state index in [-0.39, 0.29) is 11.8 Å². The molecule has 3 N–H and O–H groups in total. The summed E-state index contributed by atoms with van der Waals surface area (Å²) in [5.41, 5.74) is 7.34. The van der Waals surface area contributed by atoms with Crippen LogP contribution in [0.5, 0.6) is 5.75 Å². The van der Waals surface area contributed by atoms with Crippen LogP contribution in [0.2, 0.25) is 0 Å². The van der Waals surface area contributed by atoms with Gasteiger partial charge in [0.1, 0.15) is 5.75 Å². The maximum absolute atomic E-state index is 12.2. The molecule has 0 bridgehead atoms. The lowest BCUT2D eigenvalue weighted by atomic mass is 10.0. The highest BCUT2D eigenvalue weighted by Crippen LogP contribution is 2.54. The minimum Gasteiger partial charge on any atom is -0.495 e. The lowest BCUT2D eigenvalue weighted by Gasteiger charge is -2.15. The number of carbonyl (C=O) groups is 1. The first kappa shape index (κ1) is 12.5. The molecule has 0 aliphatic heterocycles. The lowest BCUT2D eigenvalue weighted by molar-refractivity contribution is -0.120. The van der Waals surface area contributed by atoms with Gasteiger partial charge in [0.25, 0.3) is 0 Å². The van der Waals surface area contributed by atoms with Gasteiger partial charge in [-0.2, -0.15) is 0 Å². The lowest BCUT2D eigenvalue weighted by Crippen LogP contribution is -2.22. The summed E-state index contributed by atoms with van der Waals surface area (Å²) in [4.78, 5) is 12.2.